The van der Waals surface area contributed by atoms with Crippen molar-refractivity contribution in [3.8, 4) is 6.07 Å². The van der Waals surface area contributed by atoms with Crippen LogP contribution in [0.4, 0.5) is 18.0 Å². The Labute approximate surface area is 202 Å². The molecular weight excluding hydrogens is 457 g/mol. The first-order valence-electron chi connectivity index (χ1n) is 11.4. The summed E-state index contributed by atoms with van der Waals surface area (Å²) in [6.07, 6.45) is 0.543. The maximum Gasteiger partial charge on any atom is 0.322 e. The summed E-state index contributed by atoms with van der Waals surface area (Å²) < 4.78 is 43.7. The van der Waals surface area contributed by atoms with Crippen LogP contribution in [-0.4, -0.2) is 77.9 Å². The first-order valence-corrected chi connectivity index (χ1v) is 11.4. The molecule has 1 N–H and O–H groups in total. The van der Waals surface area contributed by atoms with E-state index in [0.29, 0.717) is 24.1 Å². The average Bonchev–Trinajstić information content (AvgIpc) is 3.25. The van der Waals surface area contributed by atoms with Crippen LogP contribution < -0.4 is 0 Å². The molecule has 2 unspecified atom stereocenters. The van der Waals surface area contributed by atoms with E-state index in [9.17, 15) is 23.9 Å². The Morgan fingerprint density at radius 2 is 2.00 bits per heavy atom. The van der Waals surface area contributed by atoms with Crippen molar-refractivity contribution in [1.29, 1.82) is 5.26 Å². The highest BCUT2D eigenvalue weighted by molar-refractivity contribution is 5.84. The SMILES string of the molecule is CN1CCC(N(CC#N)C(=O)N2CC(c3cc(F)ccc3F)=C[C@@]2(CO)c2ccccc2)C(F)C1. The van der Waals surface area contributed by atoms with Crippen molar-refractivity contribution >= 4 is 11.6 Å². The number of rotatable bonds is 5. The summed E-state index contributed by atoms with van der Waals surface area (Å²) in [6.45, 7) is -0.357. The molecule has 3 atom stereocenters. The smallest absolute Gasteiger partial charge is 0.322 e. The molecule has 2 aromatic rings. The van der Waals surface area contributed by atoms with Crippen LogP contribution in [0, 0.1) is 23.0 Å². The van der Waals surface area contributed by atoms with E-state index >= 15 is 4.39 Å². The maximum atomic E-state index is 15.0. The van der Waals surface area contributed by atoms with Crippen LogP contribution in [0.2, 0.25) is 0 Å². The predicted octanol–water partition coefficient (Wildman–Crippen LogP) is 3.54. The number of halogens is 3. The number of benzene rings is 2. The van der Waals surface area contributed by atoms with E-state index < -0.39 is 42.0 Å². The highest BCUT2D eigenvalue weighted by Gasteiger charge is 2.48. The lowest BCUT2D eigenvalue weighted by atomic mass is 9.89. The standard InChI is InChI=1S/C26H27F3N4O2/c1-31-11-9-24(23(29)16-31)32(12-10-30)25(35)33-15-18(21-13-20(27)7-8-22(21)28)14-26(33,17-34)19-5-3-2-4-6-19/h2-8,13-14,23-24,34H,9,11-12,15-17H2,1H3/t23?,24?,26-/m1/s1. The van der Waals surface area contributed by atoms with E-state index in [1.54, 1.807) is 43.5 Å². The molecule has 35 heavy (non-hydrogen) atoms. The van der Waals surface area contributed by atoms with Crippen LogP contribution in [0.1, 0.15) is 17.5 Å². The fourth-order valence-corrected chi connectivity index (χ4v) is 5.01. The van der Waals surface area contributed by atoms with Gasteiger partial charge < -0.3 is 19.8 Å². The summed E-state index contributed by atoms with van der Waals surface area (Å²) in [4.78, 5) is 18.3. The highest BCUT2D eigenvalue weighted by Crippen LogP contribution is 2.41. The van der Waals surface area contributed by atoms with Gasteiger partial charge in [0.25, 0.3) is 0 Å². The van der Waals surface area contributed by atoms with E-state index in [1.165, 1.54) is 9.80 Å². The molecule has 2 heterocycles. The molecule has 0 aromatic heterocycles. The number of nitrogens with zero attached hydrogens (tertiary/aromatic N) is 4. The van der Waals surface area contributed by atoms with Gasteiger partial charge in [0, 0.05) is 25.2 Å². The molecule has 4 rings (SSSR count). The number of hydrogen-bond donors (Lipinski definition) is 1. The van der Waals surface area contributed by atoms with Gasteiger partial charge in [-0.2, -0.15) is 5.26 Å². The molecule has 2 aliphatic heterocycles. The van der Waals surface area contributed by atoms with Crippen molar-refractivity contribution in [3.05, 3.63) is 77.4 Å². The van der Waals surface area contributed by atoms with Crippen LogP contribution >= 0.6 is 0 Å². The molecule has 0 radical (unpaired) electrons. The summed E-state index contributed by atoms with van der Waals surface area (Å²) in [7, 11) is 1.79. The lowest BCUT2D eigenvalue weighted by Crippen LogP contribution is -2.59. The molecule has 2 amide bonds. The van der Waals surface area contributed by atoms with Crippen molar-refractivity contribution in [2.24, 2.45) is 0 Å². The first-order chi connectivity index (χ1) is 16.8. The number of likely N-dealkylation sites (tertiary alicyclic amines) is 1. The Hall–Kier alpha value is -3.35. The fourth-order valence-electron chi connectivity index (χ4n) is 5.01. The van der Waals surface area contributed by atoms with Gasteiger partial charge >= 0.3 is 6.03 Å². The van der Waals surface area contributed by atoms with Crippen molar-refractivity contribution < 1.29 is 23.1 Å². The molecule has 1 saturated heterocycles. The normalized spacial score (nSPS) is 24.7. The number of piperidine rings is 1. The van der Waals surface area contributed by atoms with Gasteiger partial charge in [0.2, 0.25) is 0 Å². The zero-order chi connectivity index (χ0) is 25.2. The van der Waals surface area contributed by atoms with Crippen LogP contribution in [0.25, 0.3) is 5.57 Å². The fraction of sp³-hybridized carbons (Fsp3) is 0.385. The van der Waals surface area contributed by atoms with Crippen LogP contribution in [0.3, 0.4) is 0 Å². The number of carbonyl (C=O) groups excluding carboxylic acids is 1. The van der Waals surface area contributed by atoms with Crippen molar-refractivity contribution in [1.82, 2.24) is 14.7 Å². The van der Waals surface area contributed by atoms with E-state index in [-0.39, 0.29) is 25.2 Å². The van der Waals surface area contributed by atoms with E-state index in [1.807, 2.05) is 11.0 Å². The van der Waals surface area contributed by atoms with Crippen molar-refractivity contribution in [2.75, 3.05) is 39.8 Å². The lowest BCUT2D eigenvalue weighted by molar-refractivity contribution is 0.0367. The minimum atomic E-state index is -1.41. The van der Waals surface area contributed by atoms with Crippen LogP contribution in [0.15, 0.2) is 54.6 Å². The summed E-state index contributed by atoms with van der Waals surface area (Å²) >= 11 is 0. The van der Waals surface area contributed by atoms with Gasteiger partial charge in [-0.3, -0.25) is 0 Å². The number of aliphatic hydroxyl groups excluding tert-OH is 1. The lowest BCUT2D eigenvalue weighted by Gasteiger charge is -2.44. The summed E-state index contributed by atoms with van der Waals surface area (Å²) in [6, 6.07) is 12.3. The third-order valence-corrected chi connectivity index (χ3v) is 6.84. The van der Waals surface area contributed by atoms with E-state index in [4.69, 9.17) is 0 Å². The summed E-state index contributed by atoms with van der Waals surface area (Å²) in [5, 5.41) is 20.1. The quantitative estimate of drug-likeness (QED) is 0.660. The van der Waals surface area contributed by atoms with Gasteiger partial charge in [-0.25, -0.2) is 18.0 Å². The van der Waals surface area contributed by atoms with Gasteiger partial charge in [-0.05, 0) is 48.9 Å². The maximum absolute atomic E-state index is 15.0. The third kappa shape index (κ3) is 4.64. The monoisotopic (exact) mass is 484 g/mol. The number of urea groups is 1. The number of amides is 2. The van der Waals surface area contributed by atoms with E-state index in [0.717, 1.165) is 18.2 Å². The Morgan fingerprint density at radius 3 is 2.66 bits per heavy atom. The highest BCUT2D eigenvalue weighted by atomic mass is 19.1. The van der Waals surface area contributed by atoms with E-state index in [2.05, 4.69) is 0 Å². The average molecular weight is 485 g/mol. The minimum Gasteiger partial charge on any atom is -0.393 e. The molecule has 184 valence electrons. The van der Waals surface area contributed by atoms with Gasteiger partial charge in [0.15, 0.2) is 0 Å². The van der Waals surface area contributed by atoms with Crippen molar-refractivity contribution in [2.45, 2.75) is 24.2 Å². The Morgan fingerprint density at radius 1 is 1.26 bits per heavy atom. The molecule has 0 saturated carbocycles. The number of aliphatic hydroxyl groups is 1. The Bertz CT molecular complexity index is 1150. The molecule has 0 aliphatic carbocycles. The van der Waals surface area contributed by atoms with Crippen LogP contribution in [0.5, 0.6) is 0 Å². The predicted molar refractivity (Wildman–Crippen MR) is 125 cm³/mol. The topological polar surface area (TPSA) is 70.8 Å². The summed E-state index contributed by atoms with van der Waals surface area (Å²) in [5.41, 5.74) is -0.564. The van der Waals surface area contributed by atoms with Gasteiger partial charge in [-0.1, -0.05) is 30.3 Å². The molecule has 2 aliphatic rings. The minimum absolute atomic E-state index is 0.0245. The summed E-state index contributed by atoms with van der Waals surface area (Å²) in [5.74, 6) is -1.31. The number of carbonyl (C=O) groups is 1. The molecule has 2 aromatic carbocycles. The second kappa shape index (κ2) is 10.1. The number of alkyl halides is 1. The largest absolute Gasteiger partial charge is 0.393 e. The zero-order valence-electron chi connectivity index (χ0n) is 19.4. The Balaban J connectivity index is 1.79. The second-order valence-corrected chi connectivity index (χ2v) is 9.03. The molecular formula is C26H27F3N4O2. The third-order valence-electron chi connectivity index (χ3n) is 6.84. The molecule has 1 fully saturated rings. The first kappa shape index (κ1) is 24.8. The zero-order valence-corrected chi connectivity index (χ0v) is 19.4. The molecule has 0 spiro atoms. The Kier molecular flexibility index (Phi) is 7.15. The van der Waals surface area contributed by atoms with Gasteiger partial charge in [0.05, 0.1) is 18.7 Å². The van der Waals surface area contributed by atoms with Gasteiger partial charge in [-0.15, -0.1) is 0 Å². The number of nitriles is 1. The van der Waals surface area contributed by atoms with Crippen molar-refractivity contribution in [3.63, 3.8) is 0 Å². The molecule has 9 heteroatoms. The molecule has 6 nitrogen and oxygen atoms in total. The molecule has 0 bridgehead atoms. The number of hydrogen-bond acceptors (Lipinski definition) is 4. The van der Waals surface area contributed by atoms with Crippen LogP contribution in [-0.2, 0) is 5.54 Å². The second-order valence-electron chi connectivity index (χ2n) is 9.03. The van der Waals surface area contributed by atoms with Gasteiger partial charge in [0.1, 0.15) is 29.9 Å².